The van der Waals surface area contributed by atoms with Crippen molar-refractivity contribution in [2.75, 3.05) is 24.4 Å². The smallest absolute Gasteiger partial charge is 0.214 e. The van der Waals surface area contributed by atoms with Gasteiger partial charge in [-0.1, -0.05) is 12.1 Å². The van der Waals surface area contributed by atoms with Gasteiger partial charge in [0.1, 0.15) is 6.33 Å². The Labute approximate surface area is 105 Å². The number of hydrogen-bond acceptors (Lipinski definition) is 4. The van der Waals surface area contributed by atoms with E-state index in [-0.39, 0.29) is 0 Å². The third-order valence-electron chi connectivity index (χ3n) is 2.46. The number of aromatic nitrogens is 3. The lowest BCUT2D eigenvalue weighted by Gasteiger charge is -2.13. The van der Waals surface area contributed by atoms with Gasteiger partial charge in [-0.15, -0.1) is 0 Å². The van der Waals surface area contributed by atoms with Gasteiger partial charge in [-0.2, -0.15) is 5.10 Å². The van der Waals surface area contributed by atoms with Crippen molar-refractivity contribution in [3.63, 3.8) is 0 Å². The summed E-state index contributed by atoms with van der Waals surface area (Å²) in [4.78, 5) is 2.07. The second kappa shape index (κ2) is 5.01. The van der Waals surface area contributed by atoms with E-state index in [9.17, 15) is 0 Å². The third-order valence-corrected chi connectivity index (χ3v) is 2.75. The molecule has 0 atom stereocenters. The standard InChI is InChI=1S/C11H15N5S/c1-15(2)10-5-3-9(4-6-10)7-13-16-8-12-14-11(16)17/h3-6,8,13H,7H2,1-2H3,(H,14,17). The van der Waals surface area contributed by atoms with E-state index in [0.29, 0.717) is 11.3 Å². The van der Waals surface area contributed by atoms with Crippen LogP contribution in [0.3, 0.4) is 0 Å². The summed E-state index contributed by atoms with van der Waals surface area (Å²) in [5.41, 5.74) is 5.54. The lowest BCUT2D eigenvalue weighted by molar-refractivity contribution is 0.824. The van der Waals surface area contributed by atoms with E-state index in [4.69, 9.17) is 12.2 Å². The normalized spacial score (nSPS) is 10.2. The van der Waals surface area contributed by atoms with E-state index in [1.807, 2.05) is 14.1 Å². The molecule has 0 aliphatic heterocycles. The molecule has 2 N–H and O–H groups in total. The maximum absolute atomic E-state index is 5.03. The highest BCUT2D eigenvalue weighted by molar-refractivity contribution is 7.71. The predicted molar refractivity (Wildman–Crippen MR) is 71.2 cm³/mol. The largest absolute Gasteiger partial charge is 0.378 e. The Kier molecular flexibility index (Phi) is 3.43. The Morgan fingerprint density at radius 2 is 2.06 bits per heavy atom. The zero-order valence-electron chi connectivity index (χ0n) is 9.84. The lowest BCUT2D eigenvalue weighted by Crippen LogP contribution is -2.13. The van der Waals surface area contributed by atoms with E-state index in [0.717, 1.165) is 0 Å². The number of anilines is 1. The average molecular weight is 249 g/mol. The van der Waals surface area contributed by atoms with E-state index in [1.54, 1.807) is 11.0 Å². The fourth-order valence-corrected chi connectivity index (χ4v) is 1.61. The Hall–Kier alpha value is -1.82. The van der Waals surface area contributed by atoms with Crippen molar-refractivity contribution in [2.24, 2.45) is 0 Å². The molecule has 1 heterocycles. The van der Waals surface area contributed by atoms with E-state index < -0.39 is 0 Å². The minimum Gasteiger partial charge on any atom is -0.378 e. The highest BCUT2D eigenvalue weighted by Gasteiger charge is 1.97. The fourth-order valence-electron chi connectivity index (χ4n) is 1.45. The van der Waals surface area contributed by atoms with Gasteiger partial charge in [-0.25, -0.2) is 4.68 Å². The van der Waals surface area contributed by atoms with Crippen LogP contribution in [0.4, 0.5) is 5.69 Å². The molecule has 17 heavy (non-hydrogen) atoms. The first-order valence-electron chi connectivity index (χ1n) is 5.29. The Morgan fingerprint density at radius 1 is 1.35 bits per heavy atom. The number of nitrogens with one attached hydrogen (secondary N) is 2. The summed E-state index contributed by atoms with van der Waals surface area (Å²) in [5.74, 6) is 0. The maximum atomic E-state index is 5.03. The number of hydrogen-bond donors (Lipinski definition) is 2. The Bertz CT molecular complexity index is 525. The molecule has 6 heteroatoms. The number of benzene rings is 1. The van der Waals surface area contributed by atoms with Gasteiger partial charge in [-0.3, -0.25) is 5.10 Å². The molecule has 5 nitrogen and oxygen atoms in total. The first-order valence-corrected chi connectivity index (χ1v) is 5.70. The van der Waals surface area contributed by atoms with Gasteiger partial charge in [0.15, 0.2) is 0 Å². The number of nitrogens with zero attached hydrogens (tertiary/aromatic N) is 3. The van der Waals surface area contributed by atoms with Gasteiger partial charge in [0, 0.05) is 19.8 Å². The van der Waals surface area contributed by atoms with Crippen molar-refractivity contribution in [2.45, 2.75) is 6.54 Å². The van der Waals surface area contributed by atoms with Crippen LogP contribution >= 0.6 is 12.2 Å². The van der Waals surface area contributed by atoms with Crippen LogP contribution in [0.2, 0.25) is 0 Å². The highest BCUT2D eigenvalue weighted by atomic mass is 32.1. The molecule has 0 bridgehead atoms. The molecule has 0 amide bonds. The molecule has 2 rings (SSSR count). The lowest BCUT2D eigenvalue weighted by atomic mass is 10.2. The molecular weight excluding hydrogens is 234 g/mol. The number of H-pyrrole nitrogens is 1. The van der Waals surface area contributed by atoms with Crippen molar-refractivity contribution in [3.8, 4) is 0 Å². The van der Waals surface area contributed by atoms with E-state index in [1.165, 1.54) is 11.3 Å². The van der Waals surface area contributed by atoms with Crippen LogP contribution in [0.25, 0.3) is 0 Å². The zero-order valence-corrected chi connectivity index (χ0v) is 10.7. The molecule has 0 aliphatic carbocycles. The Balaban J connectivity index is 2.00. The molecule has 0 spiro atoms. The van der Waals surface area contributed by atoms with Gasteiger partial charge >= 0.3 is 0 Å². The van der Waals surface area contributed by atoms with Crippen LogP contribution in [0.5, 0.6) is 0 Å². The minimum atomic E-state index is 0.565. The van der Waals surface area contributed by atoms with Crippen LogP contribution in [0.1, 0.15) is 5.56 Å². The van der Waals surface area contributed by atoms with Crippen molar-refractivity contribution in [1.82, 2.24) is 14.9 Å². The van der Waals surface area contributed by atoms with E-state index in [2.05, 4.69) is 44.8 Å². The number of aromatic amines is 1. The molecule has 0 aliphatic rings. The van der Waals surface area contributed by atoms with Crippen LogP contribution in [-0.2, 0) is 6.54 Å². The maximum Gasteiger partial charge on any atom is 0.214 e. The zero-order chi connectivity index (χ0) is 12.3. The summed E-state index contributed by atoms with van der Waals surface area (Å²) < 4.78 is 2.25. The van der Waals surface area contributed by atoms with Crippen molar-refractivity contribution in [3.05, 3.63) is 40.9 Å². The molecule has 0 saturated heterocycles. The van der Waals surface area contributed by atoms with Crippen LogP contribution in [0.15, 0.2) is 30.6 Å². The minimum absolute atomic E-state index is 0.565. The first kappa shape index (κ1) is 11.7. The summed E-state index contributed by atoms with van der Waals surface area (Å²) >= 11 is 5.03. The molecule has 0 fully saturated rings. The summed E-state index contributed by atoms with van der Waals surface area (Å²) in [5, 5.41) is 6.52. The van der Waals surface area contributed by atoms with Crippen molar-refractivity contribution >= 4 is 17.9 Å². The molecule has 90 valence electrons. The number of rotatable bonds is 4. The second-order valence-corrected chi connectivity index (χ2v) is 4.31. The third kappa shape index (κ3) is 2.85. The summed E-state index contributed by atoms with van der Waals surface area (Å²) in [7, 11) is 4.05. The quantitative estimate of drug-likeness (QED) is 0.811. The second-order valence-electron chi connectivity index (χ2n) is 3.93. The van der Waals surface area contributed by atoms with Gasteiger partial charge in [0.25, 0.3) is 0 Å². The molecule has 0 saturated carbocycles. The SMILES string of the molecule is CN(C)c1ccc(CNn2cn[nH]c2=S)cc1. The predicted octanol–water partition coefficient (Wildman–Crippen LogP) is 1.75. The van der Waals surface area contributed by atoms with Crippen LogP contribution in [0, 0.1) is 4.77 Å². The van der Waals surface area contributed by atoms with Gasteiger partial charge in [0.05, 0.1) is 6.54 Å². The van der Waals surface area contributed by atoms with Crippen molar-refractivity contribution in [1.29, 1.82) is 0 Å². The van der Waals surface area contributed by atoms with Gasteiger partial charge in [0.2, 0.25) is 4.77 Å². The van der Waals surface area contributed by atoms with Gasteiger partial charge in [-0.05, 0) is 29.9 Å². The van der Waals surface area contributed by atoms with Crippen LogP contribution in [-0.4, -0.2) is 29.0 Å². The summed E-state index contributed by atoms with van der Waals surface area (Å²) in [6.45, 7) is 0.710. The summed E-state index contributed by atoms with van der Waals surface area (Å²) in [6, 6.07) is 8.36. The van der Waals surface area contributed by atoms with Gasteiger partial charge < -0.3 is 10.3 Å². The molecule has 1 aromatic heterocycles. The molecule has 1 aromatic carbocycles. The summed E-state index contributed by atoms with van der Waals surface area (Å²) in [6.07, 6.45) is 1.62. The molecule has 0 radical (unpaired) electrons. The molecular formula is C11H15N5S. The monoisotopic (exact) mass is 249 g/mol. The molecule has 2 aromatic rings. The average Bonchev–Trinajstić information content (AvgIpc) is 2.73. The first-order chi connectivity index (χ1) is 8.16. The van der Waals surface area contributed by atoms with Crippen molar-refractivity contribution < 1.29 is 0 Å². The van der Waals surface area contributed by atoms with E-state index >= 15 is 0 Å². The fraction of sp³-hybridized carbons (Fsp3) is 0.273. The Morgan fingerprint density at radius 3 is 2.59 bits per heavy atom. The molecule has 0 unspecified atom stereocenters. The highest BCUT2D eigenvalue weighted by Crippen LogP contribution is 2.12. The topological polar surface area (TPSA) is 48.9 Å². The van der Waals surface area contributed by atoms with Crippen LogP contribution < -0.4 is 10.3 Å².